The number of nitrogens with zero attached hydrogens (tertiary/aromatic N) is 1. The fraction of sp³-hybridized carbons (Fsp3) is 0.250. The van der Waals surface area contributed by atoms with Gasteiger partial charge in [-0.2, -0.15) is 0 Å². The number of carbonyl (C=O) groups excluding carboxylic acids is 2. The molecule has 0 bridgehead atoms. The molecule has 0 fully saturated rings. The maximum Gasteiger partial charge on any atom is 0.231 e. The minimum atomic E-state index is -0.187. The maximum atomic E-state index is 12.7. The lowest BCUT2D eigenvalue weighted by atomic mass is 9.95. The predicted octanol–water partition coefficient (Wildman–Crippen LogP) is 4.78. The summed E-state index contributed by atoms with van der Waals surface area (Å²) in [6, 6.07) is 15.4. The Bertz CT molecular complexity index is 921. The number of benzene rings is 2. The van der Waals surface area contributed by atoms with E-state index in [0.29, 0.717) is 11.6 Å². The molecule has 1 aromatic heterocycles. The number of aromatic nitrogens is 1. The second-order valence-electron chi connectivity index (χ2n) is 5.96. The Morgan fingerprint density at radius 2 is 1.85 bits per heavy atom. The van der Waals surface area contributed by atoms with E-state index >= 15 is 0 Å². The number of carbonyl (C=O) groups is 2. The molecule has 6 heteroatoms. The molecule has 0 spiro atoms. The van der Waals surface area contributed by atoms with Gasteiger partial charge in [0.15, 0.2) is 5.13 Å². The normalized spacial score (nSPS) is 11.9. The van der Waals surface area contributed by atoms with Crippen LogP contribution in [0.5, 0.6) is 0 Å². The van der Waals surface area contributed by atoms with Crippen LogP contribution in [-0.2, 0) is 9.59 Å². The van der Waals surface area contributed by atoms with Crippen LogP contribution in [0.25, 0.3) is 10.2 Å². The summed E-state index contributed by atoms with van der Waals surface area (Å²) >= 11 is 1.40. The highest BCUT2D eigenvalue weighted by atomic mass is 32.1. The lowest BCUT2D eigenvalue weighted by molar-refractivity contribution is -0.118. The Morgan fingerprint density at radius 1 is 1.08 bits per heavy atom. The first-order chi connectivity index (χ1) is 12.6. The van der Waals surface area contributed by atoms with E-state index in [1.54, 1.807) is 6.92 Å². The van der Waals surface area contributed by atoms with Crippen molar-refractivity contribution in [2.45, 2.75) is 32.6 Å². The Morgan fingerprint density at radius 3 is 2.54 bits per heavy atom. The van der Waals surface area contributed by atoms with Crippen molar-refractivity contribution in [2.24, 2.45) is 0 Å². The number of amides is 2. The standard InChI is InChI=1S/C20H21N3O2S/c1-3-15(13-8-6-5-7-9-13)19(25)21-14-10-11-16-17(12-14)26-20(22-16)23-18(24)4-2/h5-12,15H,3-4H2,1-2H3,(H,21,25)(H,22,23,24)/t15-/m0/s1. The number of nitrogens with one attached hydrogen (secondary N) is 2. The predicted molar refractivity (Wildman–Crippen MR) is 107 cm³/mol. The molecule has 0 saturated carbocycles. The van der Waals surface area contributed by atoms with E-state index in [0.717, 1.165) is 27.9 Å². The third kappa shape index (κ3) is 4.08. The van der Waals surface area contributed by atoms with E-state index in [-0.39, 0.29) is 17.7 Å². The van der Waals surface area contributed by atoms with Crippen molar-refractivity contribution in [3.63, 3.8) is 0 Å². The van der Waals surface area contributed by atoms with Gasteiger partial charge in [0.2, 0.25) is 11.8 Å². The Kier molecular flexibility index (Phi) is 5.63. The summed E-state index contributed by atoms with van der Waals surface area (Å²) in [6.45, 7) is 3.81. The van der Waals surface area contributed by atoms with E-state index < -0.39 is 0 Å². The smallest absolute Gasteiger partial charge is 0.231 e. The minimum absolute atomic E-state index is 0.0259. The SMILES string of the molecule is CCC(=O)Nc1nc2ccc(NC(=O)[C@@H](CC)c3ccccc3)cc2s1. The summed E-state index contributed by atoms with van der Waals surface area (Å²) in [6.07, 6.45) is 1.14. The van der Waals surface area contributed by atoms with Crippen LogP contribution in [0.15, 0.2) is 48.5 Å². The van der Waals surface area contributed by atoms with Gasteiger partial charge in [-0.1, -0.05) is 55.5 Å². The average molecular weight is 367 g/mol. The summed E-state index contributed by atoms with van der Waals surface area (Å²) < 4.78 is 0.918. The van der Waals surface area contributed by atoms with Gasteiger partial charge >= 0.3 is 0 Å². The maximum absolute atomic E-state index is 12.7. The fourth-order valence-corrected chi connectivity index (χ4v) is 3.67. The Labute approximate surface area is 156 Å². The number of thiazole rings is 1. The number of fused-ring (bicyclic) bond motifs is 1. The largest absolute Gasteiger partial charge is 0.326 e. The van der Waals surface area contributed by atoms with E-state index in [2.05, 4.69) is 15.6 Å². The number of anilines is 2. The first-order valence-electron chi connectivity index (χ1n) is 8.67. The molecule has 134 valence electrons. The van der Waals surface area contributed by atoms with E-state index in [4.69, 9.17) is 0 Å². The van der Waals surface area contributed by atoms with Crippen LogP contribution in [0, 0.1) is 0 Å². The molecule has 2 aromatic carbocycles. The van der Waals surface area contributed by atoms with Crippen LogP contribution in [0.1, 0.15) is 38.2 Å². The van der Waals surface area contributed by atoms with Gasteiger partial charge in [0.05, 0.1) is 16.1 Å². The van der Waals surface area contributed by atoms with Gasteiger partial charge in [0, 0.05) is 12.1 Å². The summed E-state index contributed by atoms with van der Waals surface area (Å²) in [5, 5.41) is 6.34. The van der Waals surface area contributed by atoms with E-state index in [9.17, 15) is 9.59 Å². The van der Waals surface area contributed by atoms with E-state index in [1.807, 2.05) is 55.5 Å². The Balaban J connectivity index is 1.77. The monoisotopic (exact) mass is 367 g/mol. The summed E-state index contributed by atoms with van der Waals surface area (Å²) in [5.41, 5.74) is 2.54. The second-order valence-corrected chi connectivity index (χ2v) is 6.99. The third-order valence-corrected chi connectivity index (χ3v) is 5.08. The van der Waals surface area contributed by atoms with Crippen LogP contribution >= 0.6 is 11.3 Å². The van der Waals surface area contributed by atoms with Crippen molar-refractivity contribution in [1.82, 2.24) is 4.98 Å². The van der Waals surface area contributed by atoms with Crippen molar-refractivity contribution < 1.29 is 9.59 Å². The average Bonchev–Trinajstić information content (AvgIpc) is 3.04. The molecule has 0 radical (unpaired) electrons. The molecule has 0 saturated heterocycles. The van der Waals surface area contributed by atoms with Crippen LogP contribution in [0.4, 0.5) is 10.8 Å². The summed E-state index contributed by atoms with van der Waals surface area (Å²) in [7, 11) is 0. The number of hydrogen-bond donors (Lipinski definition) is 2. The first-order valence-corrected chi connectivity index (χ1v) is 9.48. The molecule has 3 rings (SSSR count). The molecule has 2 N–H and O–H groups in total. The molecule has 0 unspecified atom stereocenters. The minimum Gasteiger partial charge on any atom is -0.326 e. The highest BCUT2D eigenvalue weighted by Crippen LogP contribution is 2.29. The van der Waals surface area contributed by atoms with Crippen LogP contribution in [0.2, 0.25) is 0 Å². The van der Waals surface area contributed by atoms with Crippen molar-refractivity contribution >= 4 is 44.2 Å². The zero-order chi connectivity index (χ0) is 18.5. The van der Waals surface area contributed by atoms with Gasteiger partial charge in [-0.05, 0) is 30.2 Å². The molecule has 0 aliphatic heterocycles. The molecular formula is C20H21N3O2S. The van der Waals surface area contributed by atoms with Gasteiger partial charge in [-0.15, -0.1) is 0 Å². The van der Waals surface area contributed by atoms with Crippen molar-refractivity contribution in [2.75, 3.05) is 10.6 Å². The molecule has 5 nitrogen and oxygen atoms in total. The molecular weight excluding hydrogens is 346 g/mol. The van der Waals surface area contributed by atoms with Crippen LogP contribution in [0.3, 0.4) is 0 Å². The first kappa shape index (κ1) is 18.1. The van der Waals surface area contributed by atoms with Crippen LogP contribution < -0.4 is 10.6 Å². The molecule has 0 aliphatic rings. The molecule has 1 heterocycles. The zero-order valence-electron chi connectivity index (χ0n) is 14.8. The summed E-state index contributed by atoms with van der Waals surface area (Å²) in [4.78, 5) is 28.6. The van der Waals surface area contributed by atoms with Gasteiger partial charge < -0.3 is 10.6 Å². The highest BCUT2D eigenvalue weighted by Gasteiger charge is 2.18. The third-order valence-electron chi connectivity index (χ3n) is 4.15. The topological polar surface area (TPSA) is 71.1 Å². The molecule has 0 aliphatic carbocycles. The Hall–Kier alpha value is -2.73. The van der Waals surface area contributed by atoms with Gasteiger partial charge in [0.25, 0.3) is 0 Å². The lowest BCUT2D eigenvalue weighted by Crippen LogP contribution is -2.20. The molecule has 3 aromatic rings. The van der Waals surface area contributed by atoms with Crippen molar-refractivity contribution in [1.29, 1.82) is 0 Å². The van der Waals surface area contributed by atoms with E-state index in [1.165, 1.54) is 11.3 Å². The van der Waals surface area contributed by atoms with Crippen molar-refractivity contribution in [3.05, 3.63) is 54.1 Å². The molecule has 1 atom stereocenters. The quantitative estimate of drug-likeness (QED) is 0.659. The molecule has 26 heavy (non-hydrogen) atoms. The zero-order valence-corrected chi connectivity index (χ0v) is 15.6. The van der Waals surface area contributed by atoms with Crippen LogP contribution in [-0.4, -0.2) is 16.8 Å². The lowest BCUT2D eigenvalue weighted by Gasteiger charge is -2.15. The highest BCUT2D eigenvalue weighted by molar-refractivity contribution is 7.22. The summed E-state index contributed by atoms with van der Waals surface area (Å²) in [5.74, 6) is -0.277. The fourth-order valence-electron chi connectivity index (χ4n) is 2.75. The second kappa shape index (κ2) is 8.10. The number of rotatable bonds is 6. The van der Waals surface area contributed by atoms with Gasteiger partial charge in [-0.25, -0.2) is 4.98 Å². The van der Waals surface area contributed by atoms with Gasteiger partial charge in [-0.3, -0.25) is 9.59 Å². The van der Waals surface area contributed by atoms with Gasteiger partial charge in [0.1, 0.15) is 0 Å². The number of hydrogen-bond acceptors (Lipinski definition) is 4. The molecule has 2 amide bonds. The van der Waals surface area contributed by atoms with Crippen molar-refractivity contribution in [3.8, 4) is 0 Å².